The fourth-order valence-electron chi connectivity index (χ4n) is 1.94. The van der Waals surface area contributed by atoms with Gasteiger partial charge in [0.1, 0.15) is 0 Å². The van der Waals surface area contributed by atoms with Crippen molar-refractivity contribution in [3.05, 3.63) is 0 Å². The fourth-order valence-corrected chi connectivity index (χ4v) is 1.94. The number of amides is 3. The van der Waals surface area contributed by atoms with Gasteiger partial charge < -0.3 is 20.6 Å². The Balaban J connectivity index is 2.08. The number of carbonyl (C=O) groups is 3. The maximum atomic E-state index is 11.1. The Morgan fingerprint density at radius 3 is 2.73 bits per heavy atom. The molecule has 0 spiro atoms. The predicted molar refractivity (Wildman–Crippen MR) is 48.0 cm³/mol. The number of carbonyl (C=O) groups excluding carboxylic acids is 2. The average Bonchev–Trinajstić information content (AvgIpc) is 2.52. The van der Waals surface area contributed by atoms with Gasteiger partial charge in [-0.15, -0.1) is 0 Å². The summed E-state index contributed by atoms with van der Waals surface area (Å²) in [5, 5.41) is 13.7. The van der Waals surface area contributed by atoms with E-state index >= 15 is 0 Å². The number of nitrogens with one attached hydrogen (secondary N) is 2. The highest BCUT2D eigenvalue weighted by atomic mass is 16.4. The summed E-state index contributed by atoms with van der Waals surface area (Å²) in [5.74, 6) is -1.36. The highest BCUT2D eigenvalue weighted by Crippen LogP contribution is 2.17. The summed E-state index contributed by atoms with van der Waals surface area (Å²) in [4.78, 5) is 34.1. The minimum Gasteiger partial charge on any atom is -0.465 e. The third kappa shape index (κ3) is 1.72. The molecule has 0 saturated carbocycles. The van der Waals surface area contributed by atoms with E-state index in [2.05, 4.69) is 10.6 Å². The Kier molecular flexibility index (Phi) is 2.22. The number of hydrogen-bond donors (Lipinski definition) is 3. The van der Waals surface area contributed by atoms with Gasteiger partial charge in [-0.25, -0.2) is 4.79 Å². The highest BCUT2D eigenvalue weighted by molar-refractivity contribution is 6.35. The Labute approximate surface area is 85.4 Å². The molecule has 0 aromatic heterocycles. The fraction of sp³-hybridized carbons (Fsp3) is 0.625. The Morgan fingerprint density at radius 2 is 2.07 bits per heavy atom. The second-order valence-electron chi connectivity index (χ2n) is 3.74. The molecule has 2 aliphatic heterocycles. The van der Waals surface area contributed by atoms with E-state index in [1.54, 1.807) is 0 Å². The first-order chi connectivity index (χ1) is 7.08. The maximum Gasteiger partial charge on any atom is 0.407 e. The van der Waals surface area contributed by atoms with Crippen LogP contribution in [0.4, 0.5) is 4.79 Å². The van der Waals surface area contributed by atoms with Crippen LogP contribution in [0, 0.1) is 5.92 Å². The predicted octanol–water partition coefficient (Wildman–Crippen LogP) is -1.79. The summed E-state index contributed by atoms with van der Waals surface area (Å²) in [6.45, 7) is 0.938. The van der Waals surface area contributed by atoms with Gasteiger partial charge in [0.15, 0.2) is 0 Å². The van der Waals surface area contributed by atoms with E-state index in [1.165, 1.54) is 4.90 Å². The molecular weight excluding hydrogens is 202 g/mol. The van der Waals surface area contributed by atoms with E-state index in [-0.39, 0.29) is 18.5 Å². The van der Waals surface area contributed by atoms with Crippen LogP contribution < -0.4 is 10.6 Å². The standard InChI is InChI=1S/C8H11N3O4/c12-6-7(13)10-5-3-11(8(14)15)2-4(5)1-9-6/h4-5H,1-3H2,(H,9,12)(H,10,13)(H,14,15). The normalized spacial score (nSPS) is 30.3. The third-order valence-electron chi connectivity index (χ3n) is 2.76. The zero-order valence-electron chi connectivity index (χ0n) is 7.90. The minimum atomic E-state index is -0.997. The number of fused-ring (bicyclic) bond motifs is 1. The van der Waals surface area contributed by atoms with E-state index in [9.17, 15) is 14.4 Å². The van der Waals surface area contributed by atoms with Crippen molar-refractivity contribution >= 4 is 17.9 Å². The van der Waals surface area contributed by atoms with Gasteiger partial charge in [-0.3, -0.25) is 9.59 Å². The molecule has 2 fully saturated rings. The first-order valence-electron chi connectivity index (χ1n) is 4.64. The first-order valence-corrected chi connectivity index (χ1v) is 4.64. The van der Waals surface area contributed by atoms with Crippen LogP contribution in [0.25, 0.3) is 0 Å². The lowest BCUT2D eigenvalue weighted by Crippen LogP contribution is -2.42. The van der Waals surface area contributed by atoms with Crippen LogP contribution in [0.15, 0.2) is 0 Å². The molecule has 2 rings (SSSR count). The summed E-state index contributed by atoms with van der Waals surface area (Å²) < 4.78 is 0. The molecule has 0 radical (unpaired) electrons. The summed E-state index contributed by atoms with van der Waals surface area (Å²) in [7, 11) is 0. The topological polar surface area (TPSA) is 98.7 Å². The largest absolute Gasteiger partial charge is 0.465 e. The number of rotatable bonds is 0. The van der Waals surface area contributed by atoms with Crippen LogP contribution in [0.5, 0.6) is 0 Å². The van der Waals surface area contributed by atoms with Crippen LogP contribution >= 0.6 is 0 Å². The molecule has 0 aromatic rings. The number of hydrogen-bond acceptors (Lipinski definition) is 3. The number of likely N-dealkylation sites (tertiary alicyclic amines) is 1. The van der Waals surface area contributed by atoms with Gasteiger partial charge in [0, 0.05) is 25.6 Å². The quantitative estimate of drug-likeness (QED) is 0.414. The molecule has 0 aliphatic carbocycles. The first kappa shape index (κ1) is 9.75. The molecule has 2 atom stereocenters. The van der Waals surface area contributed by atoms with Crippen molar-refractivity contribution in [3.8, 4) is 0 Å². The van der Waals surface area contributed by atoms with Crippen molar-refractivity contribution in [2.24, 2.45) is 5.92 Å². The van der Waals surface area contributed by atoms with Crippen LogP contribution in [-0.2, 0) is 9.59 Å². The summed E-state index contributed by atoms with van der Waals surface area (Å²) in [6, 6.07) is -0.257. The van der Waals surface area contributed by atoms with Gasteiger partial charge in [-0.2, -0.15) is 0 Å². The number of nitrogens with zero attached hydrogens (tertiary/aromatic N) is 1. The zero-order valence-corrected chi connectivity index (χ0v) is 7.90. The van der Waals surface area contributed by atoms with E-state index in [1.807, 2.05) is 0 Å². The van der Waals surface area contributed by atoms with Gasteiger partial charge in [0.05, 0.1) is 6.04 Å². The molecule has 15 heavy (non-hydrogen) atoms. The van der Waals surface area contributed by atoms with Crippen LogP contribution in [-0.4, -0.2) is 53.6 Å². The highest BCUT2D eigenvalue weighted by Gasteiger charge is 2.39. The second-order valence-corrected chi connectivity index (χ2v) is 3.74. The van der Waals surface area contributed by atoms with Crippen LogP contribution in [0.3, 0.4) is 0 Å². The molecule has 82 valence electrons. The minimum absolute atomic E-state index is 0.0310. The lowest BCUT2D eigenvalue weighted by Gasteiger charge is -2.12. The van der Waals surface area contributed by atoms with Gasteiger partial charge in [-0.1, -0.05) is 0 Å². The molecule has 2 heterocycles. The summed E-state index contributed by atoms with van der Waals surface area (Å²) >= 11 is 0. The Morgan fingerprint density at radius 1 is 1.33 bits per heavy atom. The third-order valence-corrected chi connectivity index (χ3v) is 2.76. The van der Waals surface area contributed by atoms with Gasteiger partial charge in [0.2, 0.25) is 0 Å². The van der Waals surface area contributed by atoms with E-state index in [0.717, 1.165) is 0 Å². The van der Waals surface area contributed by atoms with Crippen molar-refractivity contribution in [1.82, 2.24) is 15.5 Å². The summed E-state index contributed by atoms with van der Waals surface area (Å²) in [6.07, 6.45) is -0.997. The van der Waals surface area contributed by atoms with E-state index < -0.39 is 17.9 Å². The Bertz CT molecular complexity index is 330. The Hall–Kier alpha value is -1.79. The molecule has 3 amide bonds. The van der Waals surface area contributed by atoms with Crippen molar-refractivity contribution in [2.75, 3.05) is 19.6 Å². The van der Waals surface area contributed by atoms with Crippen molar-refractivity contribution in [3.63, 3.8) is 0 Å². The van der Waals surface area contributed by atoms with Gasteiger partial charge in [-0.05, 0) is 0 Å². The SMILES string of the molecule is O=C1NCC2CN(C(=O)O)CC2NC1=O. The maximum absolute atomic E-state index is 11.1. The van der Waals surface area contributed by atoms with Gasteiger partial charge in [0.25, 0.3) is 0 Å². The molecule has 0 aromatic carbocycles. The molecule has 2 aliphatic rings. The zero-order chi connectivity index (χ0) is 11.0. The summed E-state index contributed by atoms with van der Waals surface area (Å²) in [5.41, 5.74) is 0. The molecule has 0 bridgehead atoms. The monoisotopic (exact) mass is 213 g/mol. The van der Waals surface area contributed by atoms with Crippen molar-refractivity contribution in [2.45, 2.75) is 6.04 Å². The molecule has 2 unspecified atom stereocenters. The molecule has 7 nitrogen and oxygen atoms in total. The lowest BCUT2D eigenvalue weighted by molar-refractivity contribution is -0.138. The van der Waals surface area contributed by atoms with Crippen LogP contribution in [0.1, 0.15) is 0 Å². The molecule has 7 heteroatoms. The van der Waals surface area contributed by atoms with Crippen LogP contribution in [0.2, 0.25) is 0 Å². The average molecular weight is 213 g/mol. The molecular formula is C8H11N3O4. The second kappa shape index (κ2) is 3.41. The number of carboxylic acid groups (broad SMARTS) is 1. The van der Waals surface area contributed by atoms with E-state index in [4.69, 9.17) is 5.11 Å². The van der Waals surface area contributed by atoms with Crippen molar-refractivity contribution < 1.29 is 19.5 Å². The lowest BCUT2D eigenvalue weighted by atomic mass is 10.1. The van der Waals surface area contributed by atoms with Crippen molar-refractivity contribution in [1.29, 1.82) is 0 Å². The van der Waals surface area contributed by atoms with E-state index in [0.29, 0.717) is 13.1 Å². The smallest absolute Gasteiger partial charge is 0.407 e. The molecule has 3 N–H and O–H groups in total. The van der Waals surface area contributed by atoms with Gasteiger partial charge >= 0.3 is 17.9 Å². The molecule has 2 saturated heterocycles.